The number of benzene rings is 1. The molecular formula is C21H27N3O3S. The largest absolute Gasteiger partial charge is 0.491 e. The van der Waals surface area contributed by atoms with Gasteiger partial charge in [-0.05, 0) is 31.5 Å². The second-order valence-electron chi connectivity index (χ2n) is 7.41. The highest BCUT2D eigenvalue weighted by molar-refractivity contribution is 7.11. The molecule has 7 heteroatoms. The summed E-state index contributed by atoms with van der Waals surface area (Å²) in [5, 5.41) is 1.01. The molecule has 0 unspecified atom stereocenters. The molecule has 0 spiro atoms. The van der Waals surface area contributed by atoms with E-state index in [9.17, 15) is 4.79 Å². The van der Waals surface area contributed by atoms with Gasteiger partial charge in [0.05, 0.1) is 36.9 Å². The number of nitrogens with zero attached hydrogens (tertiary/aromatic N) is 3. The van der Waals surface area contributed by atoms with Crippen LogP contribution in [0.4, 0.5) is 0 Å². The molecular weight excluding hydrogens is 374 g/mol. The summed E-state index contributed by atoms with van der Waals surface area (Å²) in [5.41, 5.74) is 3.32. The molecule has 3 heterocycles. The molecule has 0 aliphatic carbocycles. The summed E-state index contributed by atoms with van der Waals surface area (Å²) in [4.78, 5) is 22.7. The number of amides is 1. The molecule has 0 N–H and O–H groups in total. The Morgan fingerprint density at radius 2 is 2.00 bits per heavy atom. The van der Waals surface area contributed by atoms with Crippen molar-refractivity contribution in [3.05, 3.63) is 44.9 Å². The quantitative estimate of drug-likeness (QED) is 0.788. The second kappa shape index (κ2) is 8.59. The van der Waals surface area contributed by atoms with E-state index in [0.29, 0.717) is 26.1 Å². The maximum atomic E-state index is 12.9. The van der Waals surface area contributed by atoms with Crippen molar-refractivity contribution < 1.29 is 14.3 Å². The minimum absolute atomic E-state index is 0.141. The van der Waals surface area contributed by atoms with Gasteiger partial charge in [0.1, 0.15) is 12.4 Å². The van der Waals surface area contributed by atoms with Crippen LogP contribution in [0.3, 0.4) is 0 Å². The lowest BCUT2D eigenvalue weighted by atomic mass is 10.1. The third-order valence-electron chi connectivity index (χ3n) is 5.28. The van der Waals surface area contributed by atoms with Crippen molar-refractivity contribution in [2.45, 2.75) is 33.4 Å². The molecule has 1 saturated heterocycles. The smallest absolute Gasteiger partial charge is 0.228 e. The van der Waals surface area contributed by atoms with Crippen molar-refractivity contribution in [3.8, 4) is 5.75 Å². The van der Waals surface area contributed by atoms with Gasteiger partial charge in [-0.1, -0.05) is 6.07 Å². The van der Waals surface area contributed by atoms with Gasteiger partial charge in [-0.3, -0.25) is 9.69 Å². The Morgan fingerprint density at radius 1 is 1.18 bits per heavy atom. The molecule has 0 saturated carbocycles. The molecule has 2 aliphatic rings. The van der Waals surface area contributed by atoms with Crippen LogP contribution in [0.5, 0.6) is 5.75 Å². The number of aryl methyl sites for hydroxylation is 2. The molecule has 28 heavy (non-hydrogen) atoms. The van der Waals surface area contributed by atoms with Gasteiger partial charge in [0, 0.05) is 36.6 Å². The van der Waals surface area contributed by atoms with Crippen LogP contribution in [0.15, 0.2) is 18.2 Å². The Labute approximate surface area is 170 Å². The fourth-order valence-corrected chi connectivity index (χ4v) is 4.69. The molecule has 0 bridgehead atoms. The molecule has 6 nitrogen and oxygen atoms in total. The number of hydrogen-bond acceptors (Lipinski definition) is 6. The minimum Gasteiger partial charge on any atom is -0.491 e. The van der Waals surface area contributed by atoms with Crippen molar-refractivity contribution in [2.75, 3.05) is 39.5 Å². The van der Waals surface area contributed by atoms with Gasteiger partial charge < -0.3 is 14.4 Å². The average molecular weight is 402 g/mol. The average Bonchev–Trinajstić information content (AvgIpc) is 2.88. The maximum absolute atomic E-state index is 12.9. The van der Waals surface area contributed by atoms with Gasteiger partial charge in [-0.2, -0.15) is 0 Å². The monoisotopic (exact) mass is 401 g/mol. The molecule has 1 aromatic heterocycles. The summed E-state index contributed by atoms with van der Waals surface area (Å²) in [6.07, 6.45) is 0.417. The summed E-state index contributed by atoms with van der Waals surface area (Å²) in [6.45, 7) is 10.1. The van der Waals surface area contributed by atoms with E-state index < -0.39 is 0 Å². The maximum Gasteiger partial charge on any atom is 0.228 e. The number of fused-ring (bicyclic) bond motifs is 1. The van der Waals surface area contributed by atoms with Gasteiger partial charge in [0.2, 0.25) is 5.91 Å². The molecule has 2 aromatic rings. The van der Waals surface area contributed by atoms with E-state index in [1.165, 1.54) is 5.56 Å². The van der Waals surface area contributed by atoms with Crippen LogP contribution in [0.25, 0.3) is 0 Å². The van der Waals surface area contributed by atoms with Crippen LogP contribution >= 0.6 is 11.3 Å². The predicted molar refractivity (Wildman–Crippen MR) is 109 cm³/mol. The van der Waals surface area contributed by atoms with Crippen molar-refractivity contribution in [1.82, 2.24) is 14.8 Å². The van der Waals surface area contributed by atoms with Crippen molar-refractivity contribution in [1.29, 1.82) is 0 Å². The van der Waals surface area contributed by atoms with Gasteiger partial charge >= 0.3 is 0 Å². The van der Waals surface area contributed by atoms with E-state index in [0.717, 1.165) is 59.7 Å². The van der Waals surface area contributed by atoms with Crippen LogP contribution < -0.4 is 4.74 Å². The molecule has 1 aromatic carbocycles. The van der Waals surface area contributed by atoms with Gasteiger partial charge in [-0.15, -0.1) is 11.3 Å². The van der Waals surface area contributed by atoms with Crippen LogP contribution in [0.2, 0.25) is 0 Å². The topological polar surface area (TPSA) is 54.9 Å². The summed E-state index contributed by atoms with van der Waals surface area (Å²) in [5.74, 6) is 1.03. The minimum atomic E-state index is 0.141. The first-order chi connectivity index (χ1) is 13.6. The van der Waals surface area contributed by atoms with Crippen molar-refractivity contribution in [3.63, 3.8) is 0 Å². The van der Waals surface area contributed by atoms with Crippen molar-refractivity contribution >= 4 is 17.2 Å². The number of thiazole rings is 1. The zero-order valence-corrected chi connectivity index (χ0v) is 17.4. The van der Waals surface area contributed by atoms with Gasteiger partial charge in [-0.25, -0.2) is 4.98 Å². The Morgan fingerprint density at radius 3 is 2.75 bits per heavy atom. The highest BCUT2D eigenvalue weighted by atomic mass is 32.1. The fourth-order valence-electron chi connectivity index (χ4n) is 3.76. The van der Waals surface area contributed by atoms with Crippen molar-refractivity contribution in [2.24, 2.45) is 0 Å². The molecule has 0 radical (unpaired) electrons. The number of carbonyl (C=O) groups is 1. The Hall–Kier alpha value is -1.96. The first-order valence-corrected chi connectivity index (χ1v) is 10.7. The Bertz CT molecular complexity index is 845. The zero-order valence-electron chi connectivity index (χ0n) is 16.6. The highest BCUT2D eigenvalue weighted by Crippen LogP contribution is 2.26. The molecule has 150 valence electrons. The first kappa shape index (κ1) is 19.4. The molecule has 1 amide bonds. The Kier molecular flexibility index (Phi) is 5.94. The summed E-state index contributed by atoms with van der Waals surface area (Å²) in [7, 11) is 0. The van der Waals surface area contributed by atoms with E-state index >= 15 is 0 Å². The molecule has 0 atom stereocenters. The van der Waals surface area contributed by atoms with Crippen LogP contribution in [-0.4, -0.2) is 60.1 Å². The zero-order chi connectivity index (χ0) is 19.5. The lowest BCUT2D eigenvalue weighted by Crippen LogP contribution is -2.35. The summed E-state index contributed by atoms with van der Waals surface area (Å²) < 4.78 is 11.3. The number of ether oxygens (including phenoxy) is 2. The molecule has 4 rings (SSSR count). The van der Waals surface area contributed by atoms with E-state index in [-0.39, 0.29) is 5.91 Å². The number of hydrogen-bond donors (Lipinski definition) is 0. The number of carbonyl (C=O) groups excluding carboxylic acids is 1. The van der Waals surface area contributed by atoms with E-state index in [2.05, 4.69) is 28.1 Å². The standard InChI is InChI=1S/C21H27N3O3S/c1-15-20(28-16(2)22-15)12-21(25)24-7-10-27-19-4-3-17(11-18(19)14-24)13-23-5-8-26-9-6-23/h3-4,11H,5-10,12-14H2,1-2H3. The fraction of sp³-hybridized carbons (Fsp3) is 0.524. The third kappa shape index (κ3) is 4.54. The van der Waals surface area contributed by atoms with Crippen LogP contribution in [0.1, 0.15) is 26.7 Å². The van der Waals surface area contributed by atoms with E-state index in [4.69, 9.17) is 9.47 Å². The molecule has 2 aliphatic heterocycles. The summed E-state index contributed by atoms with van der Waals surface area (Å²) in [6, 6.07) is 6.38. The van der Waals surface area contributed by atoms with E-state index in [1.807, 2.05) is 18.7 Å². The Balaban J connectivity index is 1.46. The second-order valence-corrected chi connectivity index (χ2v) is 8.70. The molecule has 1 fully saturated rings. The number of aromatic nitrogens is 1. The predicted octanol–water partition coefficient (Wildman–Crippen LogP) is 2.56. The van der Waals surface area contributed by atoms with Gasteiger partial charge in [0.25, 0.3) is 0 Å². The third-order valence-corrected chi connectivity index (χ3v) is 6.35. The number of rotatable bonds is 4. The van der Waals surface area contributed by atoms with E-state index in [1.54, 1.807) is 11.3 Å². The highest BCUT2D eigenvalue weighted by Gasteiger charge is 2.22. The van der Waals surface area contributed by atoms with Crippen LogP contribution in [-0.2, 0) is 29.0 Å². The lowest BCUT2D eigenvalue weighted by molar-refractivity contribution is -0.131. The normalized spacial score (nSPS) is 17.7. The van der Waals surface area contributed by atoms with Crippen LogP contribution in [0, 0.1) is 13.8 Å². The lowest BCUT2D eigenvalue weighted by Gasteiger charge is -2.27. The first-order valence-electron chi connectivity index (χ1n) is 9.84. The number of morpholine rings is 1. The SMILES string of the molecule is Cc1nc(C)c(CC(=O)N2CCOc3ccc(CN4CCOCC4)cc3C2)s1. The summed E-state index contributed by atoms with van der Waals surface area (Å²) >= 11 is 1.61. The van der Waals surface area contributed by atoms with Gasteiger partial charge in [0.15, 0.2) is 0 Å².